The quantitative estimate of drug-likeness (QED) is 0.800. The Kier molecular flexibility index (Phi) is 1.83. The molecular weight excluding hydrogens is 188 g/mol. The first-order chi connectivity index (χ1) is 7.27. The van der Waals surface area contributed by atoms with Crippen molar-refractivity contribution in [3.8, 4) is 0 Å². The minimum absolute atomic E-state index is 0.355. The fourth-order valence-corrected chi connectivity index (χ4v) is 1.98. The van der Waals surface area contributed by atoms with Crippen molar-refractivity contribution in [2.45, 2.75) is 31.3 Å². The molecule has 0 radical (unpaired) electrons. The summed E-state index contributed by atoms with van der Waals surface area (Å²) in [7, 11) is 0. The van der Waals surface area contributed by atoms with Gasteiger partial charge in [-0.3, -0.25) is 0 Å². The molecule has 3 nitrogen and oxygen atoms in total. The average Bonchev–Trinajstić information content (AvgIpc) is 2.86. The standard InChI is InChI=1S/C12H14N2O/c15-12(5-6-12)4-3-9-8-14-11-10(9)2-1-7-13-11/h1-2,7-8,15H,3-6H2,(H,13,14). The second-order valence-electron chi connectivity index (χ2n) is 4.44. The highest BCUT2D eigenvalue weighted by molar-refractivity contribution is 5.79. The smallest absolute Gasteiger partial charge is 0.137 e. The van der Waals surface area contributed by atoms with Crippen LogP contribution in [-0.2, 0) is 6.42 Å². The van der Waals surface area contributed by atoms with Crippen LogP contribution in [-0.4, -0.2) is 20.7 Å². The van der Waals surface area contributed by atoms with Gasteiger partial charge in [-0.25, -0.2) is 4.98 Å². The first-order valence-corrected chi connectivity index (χ1v) is 5.40. The molecule has 0 atom stereocenters. The molecule has 78 valence electrons. The molecule has 1 aliphatic rings. The van der Waals surface area contributed by atoms with Crippen LogP contribution in [0.3, 0.4) is 0 Å². The van der Waals surface area contributed by atoms with Gasteiger partial charge >= 0.3 is 0 Å². The Morgan fingerprint density at radius 3 is 3.13 bits per heavy atom. The van der Waals surface area contributed by atoms with E-state index in [-0.39, 0.29) is 5.60 Å². The lowest BCUT2D eigenvalue weighted by Crippen LogP contribution is -2.07. The number of H-pyrrole nitrogens is 1. The van der Waals surface area contributed by atoms with Crippen molar-refractivity contribution in [3.63, 3.8) is 0 Å². The zero-order chi connectivity index (χ0) is 10.3. The monoisotopic (exact) mass is 202 g/mol. The number of rotatable bonds is 3. The van der Waals surface area contributed by atoms with Crippen LogP contribution >= 0.6 is 0 Å². The minimum atomic E-state index is -0.355. The molecule has 0 bridgehead atoms. The Balaban J connectivity index is 1.84. The van der Waals surface area contributed by atoms with Gasteiger partial charge in [-0.05, 0) is 43.4 Å². The lowest BCUT2D eigenvalue weighted by atomic mass is 10.1. The summed E-state index contributed by atoms with van der Waals surface area (Å²) in [4.78, 5) is 7.40. The second kappa shape index (κ2) is 3.07. The Bertz CT molecular complexity index is 485. The molecule has 1 saturated carbocycles. The van der Waals surface area contributed by atoms with Gasteiger partial charge in [-0.2, -0.15) is 0 Å². The fourth-order valence-electron chi connectivity index (χ4n) is 1.98. The average molecular weight is 202 g/mol. The van der Waals surface area contributed by atoms with E-state index in [1.54, 1.807) is 6.20 Å². The van der Waals surface area contributed by atoms with Crippen LogP contribution in [0.4, 0.5) is 0 Å². The van der Waals surface area contributed by atoms with Crippen molar-refractivity contribution in [3.05, 3.63) is 30.1 Å². The number of aromatic nitrogens is 2. The van der Waals surface area contributed by atoms with Gasteiger partial charge in [0, 0.05) is 17.8 Å². The molecule has 0 aliphatic heterocycles. The summed E-state index contributed by atoms with van der Waals surface area (Å²) in [5.74, 6) is 0. The van der Waals surface area contributed by atoms with Gasteiger partial charge < -0.3 is 10.1 Å². The van der Waals surface area contributed by atoms with Crippen LogP contribution in [0.15, 0.2) is 24.5 Å². The molecule has 2 N–H and O–H groups in total. The molecule has 2 aromatic heterocycles. The van der Waals surface area contributed by atoms with Gasteiger partial charge in [0.1, 0.15) is 5.65 Å². The van der Waals surface area contributed by atoms with Crippen molar-refractivity contribution in [1.82, 2.24) is 9.97 Å². The highest BCUT2D eigenvalue weighted by Gasteiger charge is 2.39. The number of nitrogens with one attached hydrogen (secondary N) is 1. The summed E-state index contributed by atoms with van der Waals surface area (Å²) >= 11 is 0. The molecular formula is C12H14N2O. The van der Waals surface area contributed by atoms with Gasteiger partial charge in [0.25, 0.3) is 0 Å². The SMILES string of the molecule is OC1(CCc2c[nH]c3ncccc23)CC1. The van der Waals surface area contributed by atoms with E-state index in [2.05, 4.69) is 16.0 Å². The van der Waals surface area contributed by atoms with Crippen molar-refractivity contribution in [1.29, 1.82) is 0 Å². The summed E-state index contributed by atoms with van der Waals surface area (Å²) in [5.41, 5.74) is 1.85. The third-order valence-corrected chi connectivity index (χ3v) is 3.22. The zero-order valence-electron chi connectivity index (χ0n) is 8.53. The highest BCUT2D eigenvalue weighted by atomic mass is 16.3. The van der Waals surface area contributed by atoms with E-state index in [9.17, 15) is 5.11 Å². The van der Waals surface area contributed by atoms with Crippen molar-refractivity contribution >= 4 is 11.0 Å². The van der Waals surface area contributed by atoms with E-state index < -0.39 is 0 Å². The number of aliphatic hydroxyl groups is 1. The van der Waals surface area contributed by atoms with E-state index in [1.807, 2.05) is 12.3 Å². The predicted octanol–water partition coefficient (Wildman–Crippen LogP) is 2.02. The van der Waals surface area contributed by atoms with E-state index >= 15 is 0 Å². The predicted molar refractivity (Wildman–Crippen MR) is 58.6 cm³/mol. The maximum Gasteiger partial charge on any atom is 0.137 e. The Hall–Kier alpha value is -1.35. The molecule has 0 saturated heterocycles. The van der Waals surface area contributed by atoms with Gasteiger partial charge in [-0.15, -0.1) is 0 Å². The Morgan fingerprint density at radius 1 is 1.47 bits per heavy atom. The summed E-state index contributed by atoms with van der Waals surface area (Å²) in [6.45, 7) is 0. The third-order valence-electron chi connectivity index (χ3n) is 3.22. The number of nitrogens with zero attached hydrogens (tertiary/aromatic N) is 1. The Morgan fingerprint density at radius 2 is 2.33 bits per heavy atom. The summed E-state index contributed by atoms with van der Waals surface area (Å²) in [5, 5.41) is 11.0. The van der Waals surface area contributed by atoms with Crippen LogP contribution in [0.5, 0.6) is 0 Å². The maximum atomic E-state index is 9.77. The molecule has 0 amide bonds. The molecule has 0 aromatic carbocycles. The summed E-state index contributed by atoms with van der Waals surface area (Å²) in [6, 6.07) is 4.02. The molecule has 0 unspecified atom stereocenters. The van der Waals surface area contributed by atoms with Gasteiger partial charge in [0.15, 0.2) is 0 Å². The second-order valence-corrected chi connectivity index (χ2v) is 4.44. The van der Waals surface area contributed by atoms with Crippen molar-refractivity contribution in [2.24, 2.45) is 0 Å². The molecule has 2 aromatic rings. The molecule has 1 aliphatic carbocycles. The van der Waals surface area contributed by atoms with E-state index in [4.69, 9.17) is 0 Å². The molecule has 1 fully saturated rings. The van der Waals surface area contributed by atoms with E-state index in [1.165, 1.54) is 10.9 Å². The van der Waals surface area contributed by atoms with Crippen LogP contribution < -0.4 is 0 Å². The number of aryl methyl sites for hydroxylation is 1. The van der Waals surface area contributed by atoms with Crippen LogP contribution in [0, 0.1) is 0 Å². The number of fused-ring (bicyclic) bond motifs is 1. The third kappa shape index (κ3) is 1.63. The van der Waals surface area contributed by atoms with E-state index in [0.29, 0.717) is 0 Å². The van der Waals surface area contributed by atoms with Crippen molar-refractivity contribution < 1.29 is 5.11 Å². The minimum Gasteiger partial charge on any atom is -0.390 e. The van der Waals surface area contributed by atoms with Crippen LogP contribution in [0.1, 0.15) is 24.8 Å². The largest absolute Gasteiger partial charge is 0.390 e. The van der Waals surface area contributed by atoms with Gasteiger partial charge in [-0.1, -0.05) is 0 Å². The molecule has 0 spiro atoms. The van der Waals surface area contributed by atoms with Gasteiger partial charge in [0.05, 0.1) is 5.60 Å². The number of hydrogen-bond acceptors (Lipinski definition) is 2. The van der Waals surface area contributed by atoms with Crippen LogP contribution in [0.2, 0.25) is 0 Å². The fraction of sp³-hybridized carbons (Fsp3) is 0.417. The molecule has 15 heavy (non-hydrogen) atoms. The Labute approximate surface area is 88.2 Å². The maximum absolute atomic E-state index is 9.77. The summed E-state index contributed by atoms with van der Waals surface area (Å²) < 4.78 is 0. The molecule has 3 heteroatoms. The summed E-state index contributed by atoms with van der Waals surface area (Å²) in [6.07, 6.45) is 7.53. The topological polar surface area (TPSA) is 48.9 Å². The van der Waals surface area contributed by atoms with E-state index in [0.717, 1.165) is 31.3 Å². The lowest BCUT2D eigenvalue weighted by molar-refractivity contribution is 0.140. The first-order valence-electron chi connectivity index (χ1n) is 5.40. The number of aromatic amines is 1. The van der Waals surface area contributed by atoms with Crippen LogP contribution in [0.25, 0.3) is 11.0 Å². The number of hydrogen-bond donors (Lipinski definition) is 2. The highest BCUT2D eigenvalue weighted by Crippen LogP contribution is 2.39. The molecule has 2 heterocycles. The number of pyridine rings is 1. The lowest BCUT2D eigenvalue weighted by Gasteiger charge is -2.05. The zero-order valence-corrected chi connectivity index (χ0v) is 8.53. The van der Waals surface area contributed by atoms with Crippen molar-refractivity contribution in [2.75, 3.05) is 0 Å². The normalized spacial score (nSPS) is 18.2. The molecule has 3 rings (SSSR count). The first kappa shape index (κ1) is 8.92. The van der Waals surface area contributed by atoms with Gasteiger partial charge in [0.2, 0.25) is 0 Å².